The molecule has 0 aliphatic heterocycles. The van der Waals surface area contributed by atoms with Gasteiger partial charge in [-0.25, -0.2) is 9.59 Å². The van der Waals surface area contributed by atoms with E-state index in [0.717, 1.165) is 25.7 Å². The molecule has 0 saturated heterocycles. The Morgan fingerprint density at radius 3 is 2.11 bits per heavy atom. The Morgan fingerprint density at radius 1 is 1.00 bits per heavy atom. The number of esters is 1. The summed E-state index contributed by atoms with van der Waals surface area (Å²) < 4.78 is 10.2. The molecule has 1 rings (SSSR count). The van der Waals surface area contributed by atoms with Crippen LogP contribution in [0.1, 0.15) is 79.6 Å². The van der Waals surface area contributed by atoms with Crippen molar-refractivity contribution in [2.75, 3.05) is 7.11 Å². The van der Waals surface area contributed by atoms with E-state index in [-0.39, 0.29) is 11.8 Å². The van der Waals surface area contributed by atoms with Gasteiger partial charge in [-0.2, -0.15) is 0 Å². The van der Waals surface area contributed by atoms with Crippen molar-refractivity contribution in [3.05, 3.63) is 0 Å². The molecule has 1 saturated carbocycles. The number of ether oxygens (including phenoxy) is 2. The summed E-state index contributed by atoms with van der Waals surface area (Å²) >= 11 is 0. The van der Waals surface area contributed by atoms with E-state index in [2.05, 4.69) is 10.6 Å². The van der Waals surface area contributed by atoms with Crippen molar-refractivity contribution in [2.45, 2.75) is 97.2 Å². The molecule has 0 spiro atoms. The molecule has 2 amide bonds. The van der Waals surface area contributed by atoms with Crippen LogP contribution in [0, 0.1) is 11.8 Å². The molecule has 162 valence electrons. The lowest BCUT2D eigenvalue weighted by Gasteiger charge is -2.28. The second-order valence-electron chi connectivity index (χ2n) is 9.15. The molecular formula is C21H38N2O5. The fraction of sp³-hybridized carbons (Fsp3) is 0.857. The molecule has 7 heteroatoms. The van der Waals surface area contributed by atoms with E-state index in [9.17, 15) is 14.4 Å². The van der Waals surface area contributed by atoms with Crippen LogP contribution in [0.3, 0.4) is 0 Å². The average molecular weight is 399 g/mol. The van der Waals surface area contributed by atoms with Gasteiger partial charge in [0.05, 0.1) is 7.11 Å². The fourth-order valence-electron chi connectivity index (χ4n) is 3.54. The first-order valence-electron chi connectivity index (χ1n) is 10.4. The summed E-state index contributed by atoms with van der Waals surface area (Å²) in [4.78, 5) is 37.2. The van der Waals surface area contributed by atoms with E-state index in [0.29, 0.717) is 18.8 Å². The predicted molar refractivity (Wildman–Crippen MR) is 108 cm³/mol. The highest BCUT2D eigenvalue weighted by atomic mass is 16.6. The smallest absolute Gasteiger partial charge is 0.408 e. The molecule has 0 heterocycles. The fourth-order valence-corrected chi connectivity index (χ4v) is 3.54. The maximum absolute atomic E-state index is 12.9. The molecule has 0 bridgehead atoms. The standard InChI is InChI=1S/C21H38N2O5/c1-14(2)12-16(23-20(26)28-21(3,4)5)18(24)22-17(19(25)27-6)13-15-10-8-7-9-11-15/h14-17H,7-13H2,1-6H3,(H,22,24)(H,23,26)/t16-,17?/m0/s1. The van der Waals surface area contributed by atoms with Gasteiger partial charge in [-0.1, -0.05) is 46.0 Å². The van der Waals surface area contributed by atoms with Crippen LogP contribution < -0.4 is 10.6 Å². The number of alkyl carbamates (subject to hydrolysis) is 1. The number of hydrogen-bond acceptors (Lipinski definition) is 5. The molecule has 1 aliphatic carbocycles. The first kappa shape index (κ1) is 24.2. The molecule has 28 heavy (non-hydrogen) atoms. The van der Waals surface area contributed by atoms with Crippen molar-refractivity contribution in [1.29, 1.82) is 0 Å². The van der Waals surface area contributed by atoms with Gasteiger partial charge in [-0.05, 0) is 45.4 Å². The zero-order valence-electron chi connectivity index (χ0n) is 18.3. The van der Waals surface area contributed by atoms with Gasteiger partial charge in [-0.15, -0.1) is 0 Å². The number of nitrogens with one attached hydrogen (secondary N) is 2. The Balaban J connectivity index is 2.79. The van der Waals surface area contributed by atoms with Crippen LogP contribution in [0.15, 0.2) is 0 Å². The van der Waals surface area contributed by atoms with Gasteiger partial charge in [0.2, 0.25) is 5.91 Å². The number of carbonyl (C=O) groups excluding carboxylic acids is 3. The normalized spacial score (nSPS) is 17.5. The Hall–Kier alpha value is -1.79. The van der Waals surface area contributed by atoms with Crippen LogP contribution in [0.2, 0.25) is 0 Å². The minimum atomic E-state index is -0.770. The molecule has 0 radical (unpaired) electrons. The largest absolute Gasteiger partial charge is 0.467 e. The lowest BCUT2D eigenvalue weighted by molar-refractivity contribution is -0.146. The van der Waals surface area contributed by atoms with E-state index in [4.69, 9.17) is 9.47 Å². The zero-order valence-corrected chi connectivity index (χ0v) is 18.3. The van der Waals surface area contributed by atoms with E-state index >= 15 is 0 Å². The van der Waals surface area contributed by atoms with Crippen molar-refractivity contribution in [1.82, 2.24) is 10.6 Å². The van der Waals surface area contributed by atoms with Crippen LogP contribution in [0.4, 0.5) is 4.79 Å². The molecular weight excluding hydrogens is 360 g/mol. The van der Waals surface area contributed by atoms with Gasteiger partial charge >= 0.3 is 12.1 Å². The second-order valence-corrected chi connectivity index (χ2v) is 9.15. The summed E-state index contributed by atoms with van der Waals surface area (Å²) in [6.45, 7) is 9.23. The van der Waals surface area contributed by atoms with Crippen LogP contribution in [0.5, 0.6) is 0 Å². The Bertz CT molecular complexity index is 521. The number of rotatable bonds is 8. The van der Waals surface area contributed by atoms with Crippen LogP contribution >= 0.6 is 0 Å². The van der Waals surface area contributed by atoms with Gasteiger partial charge < -0.3 is 20.1 Å². The van der Waals surface area contributed by atoms with E-state index < -0.39 is 29.7 Å². The summed E-state index contributed by atoms with van der Waals surface area (Å²) in [5.41, 5.74) is -0.654. The van der Waals surface area contributed by atoms with Crippen molar-refractivity contribution in [3.63, 3.8) is 0 Å². The third kappa shape index (κ3) is 9.42. The van der Waals surface area contributed by atoms with Crippen LogP contribution in [0.25, 0.3) is 0 Å². The number of methoxy groups -OCH3 is 1. The summed E-state index contributed by atoms with van der Waals surface area (Å²) in [6, 6.07) is -1.47. The van der Waals surface area contributed by atoms with Gasteiger partial charge in [-0.3, -0.25) is 4.79 Å². The topological polar surface area (TPSA) is 93.7 Å². The van der Waals surface area contributed by atoms with Crippen molar-refractivity contribution < 1.29 is 23.9 Å². The zero-order chi connectivity index (χ0) is 21.3. The first-order valence-corrected chi connectivity index (χ1v) is 10.4. The molecule has 7 nitrogen and oxygen atoms in total. The maximum Gasteiger partial charge on any atom is 0.408 e. The van der Waals surface area contributed by atoms with E-state index in [1.807, 2.05) is 13.8 Å². The predicted octanol–water partition coefficient (Wildman–Crippen LogP) is 3.55. The van der Waals surface area contributed by atoms with E-state index in [1.54, 1.807) is 20.8 Å². The van der Waals surface area contributed by atoms with Crippen LogP contribution in [-0.2, 0) is 19.1 Å². The number of carbonyl (C=O) groups is 3. The van der Waals surface area contributed by atoms with Crippen molar-refractivity contribution in [2.24, 2.45) is 11.8 Å². The Kier molecular flexibility index (Phi) is 9.76. The summed E-state index contributed by atoms with van der Waals surface area (Å²) in [5.74, 6) is -0.244. The van der Waals surface area contributed by atoms with Gasteiger partial charge in [0.25, 0.3) is 0 Å². The molecule has 2 N–H and O–H groups in total. The quantitative estimate of drug-likeness (QED) is 0.610. The molecule has 1 unspecified atom stereocenters. The van der Waals surface area contributed by atoms with Crippen molar-refractivity contribution >= 4 is 18.0 Å². The minimum absolute atomic E-state index is 0.181. The Morgan fingerprint density at radius 2 is 1.61 bits per heavy atom. The maximum atomic E-state index is 12.9. The first-order chi connectivity index (χ1) is 13.0. The molecule has 0 aromatic heterocycles. The third-order valence-electron chi connectivity index (χ3n) is 4.81. The SMILES string of the molecule is COC(=O)C(CC1CCCCC1)NC(=O)[C@H](CC(C)C)NC(=O)OC(C)(C)C. The molecule has 0 aromatic rings. The van der Waals surface area contributed by atoms with Gasteiger partial charge in [0, 0.05) is 0 Å². The van der Waals surface area contributed by atoms with Crippen molar-refractivity contribution in [3.8, 4) is 0 Å². The Labute approximate surface area is 169 Å². The van der Waals surface area contributed by atoms with Gasteiger partial charge in [0.15, 0.2) is 0 Å². The molecule has 1 fully saturated rings. The van der Waals surface area contributed by atoms with E-state index in [1.165, 1.54) is 13.5 Å². The summed E-state index contributed by atoms with van der Waals surface area (Å²) in [7, 11) is 1.33. The highest BCUT2D eigenvalue weighted by Crippen LogP contribution is 2.27. The molecule has 1 aliphatic rings. The molecule has 2 atom stereocenters. The number of amides is 2. The van der Waals surface area contributed by atoms with Gasteiger partial charge in [0.1, 0.15) is 17.7 Å². The average Bonchev–Trinajstić information content (AvgIpc) is 2.58. The second kappa shape index (κ2) is 11.3. The summed E-state index contributed by atoms with van der Waals surface area (Å²) in [6.07, 6.45) is 6.04. The molecule has 0 aromatic carbocycles. The minimum Gasteiger partial charge on any atom is -0.467 e. The summed E-state index contributed by atoms with van der Waals surface area (Å²) in [5, 5.41) is 5.45. The monoisotopic (exact) mass is 398 g/mol. The highest BCUT2D eigenvalue weighted by molar-refractivity contribution is 5.89. The van der Waals surface area contributed by atoms with Crippen LogP contribution in [-0.4, -0.2) is 42.8 Å². The lowest BCUT2D eigenvalue weighted by Crippen LogP contribution is -2.53. The highest BCUT2D eigenvalue weighted by Gasteiger charge is 2.31. The lowest BCUT2D eigenvalue weighted by atomic mass is 9.84. The third-order valence-corrected chi connectivity index (χ3v) is 4.81. The number of hydrogen-bond donors (Lipinski definition) is 2.